The fourth-order valence-electron chi connectivity index (χ4n) is 1.63. The molecule has 1 rings (SSSR count). The summed E-state index contributed by atoms with van der Waals surface area (Å²) in [5.41, 5.74) is 6.78. The monoisotopic (exact) mass is 267 g/mol. The van der Waals surface area contributed by atoms with Crippen molar-refractivity contribution in [1.82, 2.24) is 0 Å². The Hall–Kier alpha value is -1.62. The lowest BCUT2D eigenvalue weighted by Gasteiger charge is -2.16. The molecule has 0 aromatic heterocycles. The van der Waals surface area contributed by atoms with Gasteiger partial charge in [-0.3, -0.25) is 4.79 Å². The molecule has 0 aliphatic carbocycles. The number of anilines is 2. The minimum atomic E-state index is -0.336. The van der Waals surface area contributed by atoms with Crippen molar-refractivity contribution in [1.29, 1.82) is 0 Å². The van der Waals surface area contributed by atoms with Gasteiger partial charge in [0, 0.05) is 18.5 Å². The molecule has 1 aromatic carbocycles. The van der Waals surface area contributed by atoms with Gasteiger partial charge in [-0.05, 0) is 45.4 Å². The van der Waals surface area contributed by atoms with Crippen molar-refractivity contribution in [2.24, 2.45) is 5.73 Å². The molecular formula is C14H22FN3O. The number of nitrogens with one attached hydrogen (secondary N) is 2. The fourth-order valence-corrected chi connectivity index (χ4v) is 1.63. The van der Waals surface area contributed by atoms with Gasteiger partial charge in [0.05, 0.1) is 11.4 Å². The van der Waals surface area contributed by atoms with Gasteiger partial charge in [0.15, 0.2) is 0 Å². The third-order valence-corrected chi connectivity index (χ3v) is 2.53. The van der Waals surface area contributed by atoms with E-state index in [1.165, 1.54) is 12.1 Å². The summed E-state index contributed by atoms with van der Waals surface area (Å²) in [6, 6.07) is 4.41. The number of carbonyl (C=O) groups excluding carboxylic acids is 1. The minimum Gasteiger partial charge on any atom is -0.381 e. The zero-order valence-electron chi connectivity index (χ0n) is 11.7. The molecule has 5 heteroatoms. The summed E-state index contributed by atoms with van der Waals surface area (Å²) in [6.07, 6.45) is 0.982. The van der Waals surface area contributed by atoms with Gasteiger partial charge < -0.3 is 16.4 Å². The van der Waals surface area contributed by atoms with E-state index in [1.807, 2.05) is 20.8 Å². The number of hydrogen-bond acceptors (Lipinski definition) is 3. The van der Waals surface area contributed by atoms with Crippen LogP contribution in [-0.4, -0.2) is 18.0 Å². The van der Waals surface area contributed by atoms with Crippen LogP contribution in [-0.2, 0) is 4.79 Å². The van der Waals surface area contributed by atoms with Crippen LogP contribution >= 0.6 is 0 Å². The molecule has 0 aliphatic heterocycles. The highest BCUT2D eigenvalue weighted by Gasteiger charge is 2.09. The average Bonchev–Trinajstić information content (AvgIpc) is 2.29. The Bertz CT molecular complexity index is 433. The first-order valence-corrected chi connectivity index (χ1v) is 6.50. The second-order valence-corrected chi connectivity index (χ2v) is 5.05. The van der Waals surface area contributed by atoms with Gasteiger partial charge in [0.1, 0.15) is 5.82 Å². The van der Waals surface area contributed by atoms with E-state index in [0.29, 0.717) is 24.2 Å². The second-order valence-electron chi connectivity index (χ2n) is 5.05. The average molecular weight is 267 g/mol. The lowest BCUT2D eigenvalue weighted by Crippen LogP contribution is -2.20. The molecule has 1 atom stereocenters. The van der Waals surface area contributed by atoms with Crippen LogP contribution in [0.3, 0.4) is 0 Å². The van der Waals surface area contributed by atoms with E-state index in [0.717, 1.165) is 0 Å². The minimum absolute atomic E-state index is 0.00720. The Labute approximate surface area is 113 Å². The molecule has 0 saturated carbocycles. The molecule has 1 aromatic rings. The number of carbonyl (C=O) groups is 1. The number of hydrogen-bond donors (Lipinski definition) is 3. The molecule has 4 N–H and O–H groups in total. The number of amides is 1. The Morgan fingerprint density at radius 2 is 2.00 bits per heavy atom. The van der Waals surface area contributed by atoms with Crippen LogP contribution in [0.5, 0.6) is 0 Å². The highest BCUT2D eigenvalue weighted by atomic mass is 19.1. The standard InChI is InChI=1S/C14H22FN3O/c1-9(2)17-13-8-11(15)5-6-12(13)18-14(19)7-4-10(3)16/h5-6,8-10,17H,4,7,16H2,1-3H3,(H,18,19). The summed E-state index contributed by atoms with van der Waals surface area (Å²) in [5.74, 6) is -0.451. The van der Waals surface area contributed by atoms with E-state index >= 15 is 0 Å². The number of benzene rings is 1. The van der Waals surface area contributed by atoms with Gasteiger partial charge in [-0.2, -0.15) is 0 Å². The molecule has 4 nitrogen and oxygen atoms in total. The summed E-state index contributed by atoms with van der Waals surface area (Å²) in [4.78, 5) is 11.8. The molecule has 19 heavy (non-hydrogen) atoms. The van der Waals surface area contributed by atoms with Gasteiger partial charge in [0.2, 0.25) is 5.91 Å². The van der Waals surface area contributed by atoms with Gasteiger partial charge in [-0.15, -0.1) is 0 Å². The summed E-state index contributed by atoms with van der Waals surface area (Å²) < 4.78 is 13.2. The zero-order chi connectivity index (χ0) is 14.4. The van der Waals surface area contributed by atoms with Crippen LogP contribution in [0.15, 0.2) is 18.2 Å². The smallest absolute Gasteiger partial charge is 0.224 e. The summed E-state index contributed by atoms with van der Waals surface area (Å²) in [6.45, 7) is 5.76. The summed E-state index contributed by atoms with van der Waals surface area (Å²) in [7, 11) is 0. The van der Waals surface area contributed by atoms with E-state index in [2.05, 4.69) is 10.6 Å². The maximum Gasteiger partial charge on any atom is 0.224 e. The largest absolute Gasteiger partial charge is 0.381 e. The Kier molecular flexibility index (Phi) is 5.76. The number of nitrogens with two attached hydrogens (primary N) is 1. The third-order valence-electron chi connectivity index (χ3n) is 2.53. The van der Waals surface area contributed by atoms with Crippen LogP contribution in [0, 0.1) is 5.82 Å². The van der Waals surface area contributed by atoms with Crippen LogP contribution in [0.25, 0.3) is 0 Å². The van der Waals surface area contributed by atoms with Gasteiger partial charge in [-0.1, -0.05) is 0 Å². The van der Waals surface area contributed by atoms with Crippen molar-refractivity contribution >= 4 is 17.3 Å². The Morgan fingerprint density at radius 3 is 2.58 bits per heavy atom. The maximum atomic E-state index is 13.2. The van der Waals surface area contributed by atoms with Crippen molar-refractivity contribution in [2.45, 2.75) is 45.7 Å². The fraction of sp³-hybridized carbons (Fsp3) is 0.500. The van der Waals surface area contributed by atoms with Crippen LogP contribution in [0.4, 0.5) is 15.8 Å². The quantitative estimate of drug-likeness (QED) is 0.742. The van der Waals surface area contributed by atoms with Crippen LogP contribution in [0.2, 0.25) is 0 Å². The Balaban J connectivity index is 2.73. The van der Waals surface area contributed by atoms with E-state index in [1.54, 1.807) is 6.07 Å². The number of halogens is 1. The van der Waals surface area contributed by atoms with Crippen molar-refractivity contribution < 1.29 is 9.18 Å². The SMILES string of the molecule is CC(N)CCC(=O)Nc1ccc(F)cc1NC(C)C. The zero-order valence-corrected chi connectivity index (χ0v) is 11.7. The normalized spacial score (nSPS) is 12.3. The van der Waals surface area contributed by atoms with Crippen LogP contribution < -0.4 is 16.4 Å². The van der Waals surface area contributed by atoms with E-state index in [-0.39, 0.29) is 23.8 Å². The van der Waals surface area contributed by atoms with E-state index < -0.39 is 0 Å². The molecule has 0 radical (unpaired) electrons. The van der Waals surface area contributed by atoms with Crippen molar-refractivity contribution in [3.05, 3.63) is 24.0 Å². The van der Waals surface area contributed by atoms with Crippen molar-refractivity contribution in [2.75, 3.05) is 10.6 Å². The lowest BCUT2D eigenvalue weighted by atomic mass is 10.2. The first-order chi connectivity index (χ1) is 8.88. The lowest BCUT2D eigenvalue weighted by molar-refractivity contribution is -0.116. The highest BCUT2D eigenvalue weighted by molar-refractivity contribution is 5.94. The van der Waals surface area contributed by atoms with Gasteiger partial charge in [-0.25, -0.2) is 4.39 Å². The molecule has 1 amide bonds. The summed E-state index contributed by atoms with van der Waals surface area (Å²) >= 11 is 0. The first kappa shape index (κ1) is 15.4. The topological polar surface area (TPSA) is 67.2 Å². The predicted octanol–water partition coefficient (Wildman–Crippen LogP) is 2.71. The Morgan fingerprint density at radius 1 is 1.32 bits per heavy atom. The highest BCUT2D eigenvalue weighted by Crippen LogP contribution is 2.23. The maximum absolute atomic E-state index is 13.2. The number of rotatable bonds is 6. The van der Waals surface area contributed by atoms with Crippen molar-refractivity contribution in [3.8, 4) is 0 Å². The van der Waals surface area contributed by atoms with Gasteiger partial charge >= 0.3 is 0 Å². The molecule has 0 bridgehead atoms. The molecule has 106 valence electrons. The summed E-state index contributed by atoms with van der Waals surface area (Å²) in [5, 5.41) is 5.88. The predicted molar refractivity (Wildman–Crippen MR) is 76.7 cm³/mol. The molecule has 0 saturated heterocycles. The third kappa shape index (κ3) is 5.70. The molecular weight excluding hydrogens is 245 g/mol. The molecule has 0 spiro atoms. The second kappa shape index (κ2) is 7.09. The molecule has 0 heterocycles. The van der Waals surface area contributed by atoms with E-state index in [9.17, 15) is 9.18 Å². The molecule has 1 unspecified atom stereocenters. The molecule has 0 aliphatic rings. The van der Waals surface area contributed by atoms with Gasteiger partial charge in [0.25, 0.3) is 0 Å². The molecule has 0 fully saturated rings. The van der Waals surface area contributed by atoms with Crippen molar-refractivity contribution in [3.63, 3.8) is 0 Å². The first-order valence-electron chi connectivity index (χ1n) is 6.50. The van der Waals surface area contributed by atoms with E-state index in [4.69, 9.17) is 5.73 Å². The van der Waals surface area contributed by atoms with Crippen LogP contribution in [0.1, 0.15) is 33.6 Å².